The Morgan fingerprint density at radius 3 is 2.12 bits per heavy atom. The van der Waals surface area contributed by atoms with Gasteiger partial charge in [-0.25, -0.2) is 8.42 Å². The second kappa shape index (κ2) is 4.32. The molecule has 0 fully saturated rings. The molecule has 16 heavy (non-hydrogen) atoms. The Labute approximate surface area is 91.3 Å². The van der Waals surface area contributed by atoms with Crippen LogP contribution in [0.2, 0.25) is 0 Å². The molecule has 0 aliphatic carbocycles. The van der Waals surface area contributed by atoms with E-state index >= 15 is 0 Å². The minimum absolute atomic E-state index is 0.0802. The van der Waals surface area contributed by atoms with Crippen LogP contribution in [0.15, 0.2) is 24.3 Å². The van der Waals surface area contributed by atoms with Gasteiger partial charge in [-0.3, -0.25) is 4.72 Å². The minimum Gasteiger partial charge on any atom is -0.283 e. The van der Waals surface area contributed by atoms with Crippen LogP contribution >= 0.6 is 0 Å². The second-order valence-corrected chi connectivity index (χ2v) is 4.90. The first kappa shape index (κ1) is 12.8. The standard InChI is InChI=1S/C9H9F3NO2S/c1-7-2-4-8(5-3-7)13-16(14,15)6-9(10,11)12/h2-5,13H,1,6H2. The summed E-state index contributed by atoms with van der Waals surface area (Å²) >= 11 is 0. The van der Waals surface area contributed by atoms with E-state index in [4.69, 9.17) is 0 Å². The molecule has 0 bridgehead atoms. The molecule has 1 radical (unpaired) electrons. The van der Waals surface area contributed by atoms with Gasteiger partial charge in [0, 0.05) is 5.69 Å². The van der Waals surface area contributed by atoms with Crippen molar-refractivity contribution in [3.63, 3.8) is 0 Å². The molecular formula is C9H9F3NO2S. The Kier molecular flexibility index (Phi) is 3.47. The number of alkyl halides is 3. The van der Waals surface area contributed by atoms with E-state index in [1.807, 2.05) is 4.72 Å². The van der Waals surface area contributed by atoms with Crippen molar-refractivity contribution in [2.45, 2.75) is 6.18 Å². The zero-order chi connectivity index (χ0) is 12.4. The van der Waals surface area contributed by atoms with E-state index in [0.717, 1.165) is 0 Å². The SMILES string of the molecule is [CH2]c1ccc(NS(=O)(=O)CC(F)(F)F)cc1. The van der Waals surface area contributed by atoms with Gasteiger partial charge >= 0.3 is 6.18 Å². The minimum atomic E-state index is -4.75. The molecule has 1 aromatic rings. The Balaban J connectivity index is 2.77. The number of hydrogen-bond acceptors (Lipinski definition) is 2. The zero-order valence-electron chi connectivity index (χ0n) is 8.08. The smallest absolute Gasteiger partial charge is 0.283 e. The van der Waals surface area contributed by atoms with Gasteiger partial charge in [-0.1, -0.05) is 12.1 Å². The van der Waals surface area contributed by atoms with Gasteiger partial charge in [-0.15, -0.1) is 0 Å². The third-order valence-corrected chi connectivity index (χ3v) is 2.84. The predicted molar refractivity (Wildman–Crippen MR) is 54.4 cm³/mol. The molecule has 0 heterocycles. The summed E-state index contributed by atoms with van der Waals surface area (Å²) in [5, 5.41) is 0. The van der Waals surface area contributed by atoms with Crippen LogP contribution in [0.1, 0.15) is 5.56 Å². The van der Waals surface area contributed by atoms with Crippen molar-refractivity contribution >= 4 is 15.7 Å². The first-order valence-corrected chi connectivity index (χ1v) is 5.82. The monoisotopic (exact) mass is 252 g/mol. The van der Waals surface area contributed by atoms with Gasteiger partial charge in [0.05, 0.1) is 0 Å². The molecule has 89 valence electrons. The third-order valence-electron chi connectivity index (χ3n) is 1.58. The molecule has 0 amide bonds. The van der Waals surface area contributed by atoms with Gasteiger partial charge in [0.1, 0.15) is 0 Å². The van der Waals surface area contributed by atoms with Gasteiger partial charge in [0.25, 0.3) is 0 Å². The van der Waals surface area contributed by atoms with Crippen LogP contribution < -0.4 is 4.72 Å². The number of halogens is 3. The first-order chi connectivity index (χ1) is 7.18. The lowest BCUT2D eigenvalue weighted by Crippen LogP contribution is -2.27. The number of benzene rings is 1. The van der Waals surface area contributed by atoms with Gasteiger partial charge in [0.15, 0.2) is 5.75 Å². The van der Waals surface area contributed by atoms with Crippen LogP contribution in [0, 0.1) is 6.92 Å². The number of hydrogen-bond donors (Lipinski definition) is 1. The van der Waals surface area contributed by atoms with E-state index in [1.165, 1.54) is 24.3 Å². The molecule has 0 atom stereocenters. The molecule has 1 N–H and O–H groups in total. The summed E-state index contributed by atoms with van der Waals surface area (Å²) in [5.74, 6) is -1.90. The lowest BCUT2D eigenvalue weighted by Gasteiger charge is -2.10. The highest BCUT2D eigenvalue weighted by molar-refractivity contribution is 7.92. The van der Waals surface area contributed by atoms with Gasteiger partial charge < -0.3 is 0 Å². The Morgan fingerprint density at radius 1 is 1.19 bits per heavy atom. The summed E-state index contributed by atoms with van der Waals surface area (Å²) in [5.41, 5.74) is 0.718. The summed E-state index contributed by atoms with van der Waals surface area (Å²) in [7, 11) is -4.40. The van der Waals surface area contributed by atoms with Crippen LogP contribution in [0.5, 0.6) is 0 Å². The summed E-state index contributed by atoms with van der Waals surface area (Å²) in [6, 6.07) is 5.67. The van der Waals surface area contributed by atoms with Crippen LogP contribution in [-0.4, -0.2) is 20.3 Å². The fraction of sp³-hybridized carbons (Fsp3) is 0.222. The summed E-state index contributed by atoms with van der Waals surface area (Å²) < 4.78 is 59.6. The van der Waals surface area contributed by atoms with E-state index in [2.05, 4.69) is 6.92 Å². The van der Waals surface area contributed by atoms with Crippen LogP contribution in [0.25, 0.3) is 0 Å². The predicted octanol–water partition coefficient (Wildman–Crippen LogP) is 2.17. The second-order valence-electron chi connectivity index (χ2n) is 3.17. The van der Waals surface area contributed by atoms with E-state index in [9.17, 15) is 21.6 Å². The molecular weight excluding hydrogens is 243 g/mol. The number of anilines is 1. The Hall–Kier alpha value is -1.24. The summed E-state index contributed by atoms with van der Waals surface area (Å²) in [6.07, 6.45) is -4.75. The molecule has 1 rings (SSSR count). The van der Waals surface area contributed by atoms with E-state index in [-0.39, 0.29) is 5.69 Å². The number of nitrogens with one attached hydrogen (secondary N) is 1. The fourth-order valence-electron chi connectivity index (χ4n) is 1.00. The van der Waals surface area contributed by atoms with Crippen molar-refractivity contribution in [3.8, 4) is 0 Å². The summed E-state index contributed by atoms with van der Waals surface area (Å²) in [4.78, 5) is 0. The van der Waals surface area contributed by atoms with Gasteiger partial charge in [-0.2, -0.15) is 13.2 Å². The van der Waals surface area contributed by atoms with Crippen molar-refractivity contribution in [2.24, 2.45) is 0 Å². The molecule has 7 heteroatoms. The average Bonchev–Trinajstić information content (AvgIpc) is 2.04. The van der Waals surface area contributed by atoms with Crippen molar-refractivity contribution in [1.82, 2.24) is 0 Å². The maximum atomic E-state index is 11.9. The lowest BCUT2D eigenvalue weighted by molar-refractivity contribution is -0.106. The van der Waals surface area contributed by atoms with Crippen LogP contribution in [-0.2, 0) is 10.0 Å². The highest BCUT2D eigenvalue weighted by atomic mass is 32.2. The quantitative estimate of drug-likeness (QED) is 0.896. The van der Waals surface area contributed by atoms with E-state index in [1.54, 1.807) is 0 Å². The normalized spacial score (nSPS) is 12.5. The molecule has 0 aliphatic rings. The maximum Gasteiger partial charge on any atom is 0.404 e. The molecule has 0 aromatic heterocycles. The van der Waals surface area contributed by atoms with Crippen molar-refractivity contribution < 1.29 is 21.6 Å². The molecule has 0 spiro atoms. The largest absolute Gasteiger partial charge is 0.404 e. The van der Waals surface area contributed by atoms with Crippen molar-refractivity contribution in [1.29, 1.82) is 0 Å². The fourth-order valence-corrected chi connectivity index (χ4v) is 2.00. The van der Waals surface area contributed by atoms with Gasteiger partial charge in [0.2, 0.25) is 10.0 Å². The highest BCUT2D eigenvalue weighted by Crippen LogP contribution is 2.19. The van der Waals surface area contributed by atoms with E-state index < -0.39 is 22.0 Å². The van der Waals surface area contributed by atoms with Crippen LogP contribution in [0.4, 0.5) is 18.9 Å². The lowest BCUT2D eigenvalue weighted by atomic mass is 10.2. The molecule has 0 saturated carbocycles. The molecule has 3 nitrogen and oxygen atoms in total. The Bertz CT molecular complexity index is 451. The molecule has 1 aromatic carbocycles. The van der Waals surface area contributed by atoms with E-state index in [0.29, 0.717) is 5.56 Å². The molecule has 0 aliphatic heterocycles. The topological polar surface area (TPSA) is 46.2 Å². The molecule has 0 saturated heterocycles. The molecule has 0 unspecified atom stereocenters. The third kappa shape index (κ3) is 4.52. The van der Waals surface area contributed by atoms with Crippen molar-refractivity contribution in [2.75, 3.05) is 10.5 Å². The van der Waals surface area contributed by atoms with Crippen molar-refractivity contribution in [3.05, 3.63) is 36.8 Å². The summed E-state index contributed by atoms with van der Waals surface area (Å²) in [6.45, 7) is 3.56. The number of rotatable bonds is 3. The first-order valence-electron chi connectivity index (χ1n) is 4.17. The highest BCUT2D eigenvalue weighted by Gasteiger charge is 2.35. The zero-order valence-corrected chi connectivity index (χ0v) is 8.90. The van der Waals surface area contributed by atoms with Crippen LogP contribution in [0.3, 0.4) is 0 Å². The van der Waals surface area contributed by atoms with Gasteiger partial charge in [-0.05, 0) is 24.6 Å². The maximum absolute atomic E-state index is 11.9. The number of sulfonamides is 1. The Morgan fingerprint density at radius 2 is 1.69 bits per heavy atom. The average molecular weight is 252 g/mol.